The first-order valence-electron chi connectivity index (χ1n) is 8.38. The number of rotatable bonds is 6. The molecule has 7 nitrogen and oxygen atoms in total. The van der Waals surface area contributed by atoms with E-state index in [2.05, 4.69) is 45.3 Å². The minimum Gasteiger partial charge on any atom is -0.481 e. The summed E-state index contributed by atoms with van der Waals surface area (Å²) >= 11 is 0. The fourth-order valence-corrected chi connectivity index (χ4v) is 2.72. The number of ether oxygens (including phenoxy) is 1. The first kappa shape index (κ1) is 18.8. The Balaban J connectivity index is 2.02. The fourth-order valence-electron chi connectivity index (χ4n) is 2.72. The van der Waals surface area contributed by atoms with Crippen LogP contribution in [0.25, 0.3) is 0 Å². The highest BCUT2D eigenvalue weighted by atomic mass is 16.5. The second-order valence-corrected chi connectivity index (χ2v) is 6.30. The Morgan fingerprint density at radius 1 is 1.40 bits per heavy atom. The van der Waals surface area contributed by atoms with Crippen molar-refractivity contribution in [3.8, 4) is 5.88 Å². The van der Waals surface area contributed by atoms with E-state index in [1.165, 1.54) is 5.56 Å². The van der Waals surface area contributed by atoms with Gasteiger partial charge in [0, 0.05) is 45.5 Å². The Labute approximate surface area is 149 Å². The third kappa shape index (κ3) is 4.95. The molecule has 0 fully saturated rings. The normalized spacial score (nSPS) is 11.7. The van der Waals surface area contributed by atoms with Gasteiger partial charge in [0.2, 0.25) is 5.88 Å². The Morgan fingerprint density at radius 3 is 2.80 bits per heavy atom. The van der Waals surface area contributed by atoms with Crippen LogP contribution in [0.1, 0.15) is 36.7 Å². The molecule has 2 heterocycles. The van der Waals surface area contributed by atoms with Crippen LogP contribution in [-0.4, -0.2) is 46.8 Å². The molecule has 7 heteroatoms. The number of pyridine rings is 1. The van der Waals surface area contributed by atoms with Gasteiger partial charge < -0.3 is 15.0 Å². The van der Waals surface area contributed by atoms with E-state index in [1.807, 2.05) is 37.0 Å². The lowest BCUT2D eigenvalue weighted by Gasteiger charge is -2.22. The molecule has 1 N–H and O–H groups in total. The number of aryl methyl sites for hydroxylation is 1. The highest BCUT2D eigenvalue weighted by molar-refractivity contribution is 5.79. The molecule has 0 radical (unpaired) electrons. The van der Waals surface area contributed by atoms with E-state index in [0.717, 1.165) is 23.9 Å². The maximum Gasteiger partial charge on any atom is 0.213 e. The number of nitrogens with zero attached hydrogens (tertiary/aromatic N) is 5. The zero-order valence-corrected chi connectivity index (χ0v) is 15.9. The lowest BCUT2D eigenvalue weighted by Crippen LogP contribution is -2.38. The maximum absolute atomic E-state index is 5.16. The highest BCUT2D eigenvalue weighted by Crippen LogP contribution is 2.18. The molecular weight excluding hydrogens is 316 g/mol. The topological polar surface area (TPSA) is 67.6 Å². The summed E-state index contributed by atoms with van der Waals surface area (Å²) < 4.78 is 7.03. The summed E-state index contributed by atoms with van der Waals surface area (Å²) in [7, 11) is 7.37. The molecule has 0 aliphatic heterocycles. The second-order valence-electron chi connectivity index (χ2n) is 6.30. The summed E-state index contributed by atoms with van der Waals surface area (Å²) in [6.07, 6.45) is 2.07. The smallest absolute Gasteiger partial charge is 0.213 e. The monoisotopic (exact) mass is 344 g/mol. The standard InChI is InChI=1S/C18H28N6O/c1-13(2)17-14(12-24(5)22-17)11-23(4)18(19-3)20-10-15-8-7-9-16(21-15)25-6/h7-9,12-13H,10-11H2,1-6H3,(H,19,20). The largest absolute Gasteiger partial charge is 0.481 e. The van der Waals surface area contributed by atoms with Gasteiger partial charge in [-0.15, -0.1) is 0 Å². The lowest BCUT2D eigenvalue weighted by molar-refractivity contribution is 0.396. The van der Waals surface area contributed by atoms with Crippen LogP contribution in [0.4, 0.5) is 0 Å². The van der Waals surface area contributed by atoms with Gasteiger partial charge in [0.25, 0.3) is 0 Å². The predicted molar refractivity (Wildman–Crippen MR) is 99.8 cm³/mol. The molecule has 2 rings (SSSR count). The van der Waals surface area contributed by atoms with Crippen LogP contribution >= 0.6 is 0 Å². The van der Waals surface area contributed by atoms with Crippen LogP contribution in [0.3, 0.4) is 0 Å². The fraction of sp³-hybridized carbons (Fsp3) is 0.500. The van der Waals surface area contributed by atoms with Crippen molar-refractivity contribution in [3.05, 3.63) is 41.3 Å². The molecule has 2 aromatic rings. The van der Waals surface area contributed by atoms with E-state index in [0.29, 0.717) is 18.3 Å². The molecule has 0 atom stereocenters. The number of aromatic nitrogens is 3. The molecule has 0 bridgehead atoms. The van der Waals surface area contributed by atoms with Crippen LogP contribution in [0.2, 0.25) is 0 Å². The van der Waals surface area contributed by atoms with Crippen molar-refractivity contribution in [2.75, 3.05) is 21.2 Å². The first-order chi connectivity index (χ1) is 11.9. The van der Waals surface area contributed by atoms with Crippen molar-refractivity contribution in [2.45, 2.75) is 32.9 Å². The van der Waals surface area contributed by atoms with Crippen LogP contribution < -0.4 is 10.1 Å². The predicted octanol–water partition coefficient (Wildman–Crippen LogP) is 2.15. The van der Waals surface area contributed by atoms with Gasteiger partial charge in [0.05, 0.1) is 25.0 Å². The lowest BCUT2D eigenvalue weighted by atomic mass is 10.1. The van der Waals surface area contributed by atoms with E-state index in [-0.39, 0.29) is 0 Å². The molecular formula is C18H28N6O. The molecule has 2 aromatic heterocycles. The molecule has 0 spiro atoms. The van der Waals surface area contributed by atoms with Gasteiger partial charge >= 0.3 is 0 Å². The summed E-state index contributed by atoms with van der Waals surface area (Å²) in [4.78, 5) is 10.9. The van der Waals surface area contributed by atoms with Gasteiger partial charge in [0.15, 0.2) is 5.96 Å². The first-order valence-corrected chi connectivity index (χ1v) is 8.38. The van der Waals surface area contributed by atoms with E-state index >= 15 is 0 Å². The van der Waals surface area contributed by atoms with Crippen molar-refractivity contribution in [1.29, 1.82) is 0 Å². The minimum absolute atomic E-state index is 0.389. The molecule has 25 heavy (non-hydrogen) atoms. The summed E-state index contributed by atoms with van der Waals surface area (Å²) in [5.41, 5.74) is 3.24. The zero-order chi connectivity index (χ0) is 18.4. The third-order valence-electron chi connectivity index (χ3n) is 3.88. The summed E-state index contributed by atoms with van der Waals surface area (Å²) in [6.45, 7) is 5.64. The Kier molecular flexibility index (Phi) is 6.38. The minimum atomic E-state index is 0.389. The number of guanidine groups is 1. The average Bonchev–Trinajstić information content (AvgIpc) is 2.96. The number of methoxy groups -OCH3 is 1. The Bertz CT molecular complexity index is 722. The van der Waals surface area contributed by atoms with Crippen LogP contribution in [-0.2, 0) is 20.1 Å². The van der Waals surface area contributed by atoms with Gasteiger partial charge in [-0.05, 0) is 12.0 Å². The van der Waals surface area contributed by atoms with E-state index < -0.39 is 0 Å². The number of nitrogens with one attached hydrogen (secondary N) is 1. The number of hydrogen-bond acceptors (Lipinski definition) is 4. The van der Waals surface area contributed by atoms with Gasteiger partial charge in [0.1, 0.15) is 0 Å². The molecule has 0 unspecified atom stereocenters. The van der Waals surface area contributed by atoms with E-state index in [4.69, 9.17) is 4.74 Å². The summed E-state index contributed by atoms with van der Waals surface area (Å²) in [6, 6.07) is 5.72. The summed E-state index contributed by atoms with van der Waals surface area (Å²) in [5, 5.41) is 7.91. The van der Waals surface area contributed by atoms with Crippen molar-refractivity contribution in [2.24, 2.45) is 12.0 Å². The van der Waals surface area contributed by atoms with Crippen LogP contribution in [0.15, 0.2) is 29.4 Å². The van der Waals surface area contributed by atoms with E-state index in [9.17, 15) is 0 Å². The molecule has 0 saturated carbocycles. The van der Waals surface area contributed by atoms with Gasteiger partial charge in [-0.1, -0.05) is 19.9 Å². The third-order valence-corrected chi connectivity index (χ3v) is 3.88. The van der Waals surface area contributed by atoms with Gasteiger partial charge in [-0.2, -0.15) is 5.10 Å². The van der Waals surface area contributed by atoms with Crippen LogP contribution in [0, 0.1) is 0 Å². The van der Waals surface area contributed by atoms with Gasteiger partial charge in [-0.25, -0.2) is 4.98 Å². The Morgan fingerprint density at radius 2 is 2.16 bits per heavy atom. The van der Waals surface area contributed by atoms with Crippen molar-refractivity contribution < 1.29 is 4.74 Å². The summed E-state index contributed by atoms with van der Waals surface area (Å²) in [5.74, 6) is 1.81. The number of aliphatic imine (C=N–C) groups is 1. The molecule has 136 valence electrons. The van der Waals surface area contributed by atoms with Crippen LogP contribution in [0.5, 0.6) is 5.88 Å². The van der Waals surface area contributed by atoms with Crippen molar-refractivity contribution in [1.82, 2.24) is 25.0 Å². The molecule has 0 aromatic carbocycles. The van der Waals surface area contributed by atoms with Crippen molar-refractivity contribution in [3.63, 3.8) is 0 Å². The SMILES string of the molecule is CN=C(NCc1cccc(OC)n1)N(C)Cc1cn(C)nc1C(C)C. The quantitative estimate of drug-likeness (QED) is 0.642. The van der Waals surface area contributed by atoms with Crippen molar-refractivity contribution >= 4 is 5.96 Å². The van der Waals surface area contributed by atoms with E-state index in [1.54, 1.807) is 14.2 Å². The van der Waals surface area contributed by atoms with Gasteiger partial charge in [-0.3, -0.25) is 9.67 Å². The second kappa shape index (κ2) is 8.50. The maximum atomic E-state index is 5.16. The zero-order valence-electron chi connectivity index (χ0n) is 15.9. The molecule has 0 aliphatic rings. The average molecular weight is 344 g/mol. The molecule has 0 saturated heterocycles. The molecule has 0 aliphatic carbocycles. The highest BCUT2D eigenvalue weighted by Gasteiger charge is 2.15. The number of hydrogen-bond donors (Lipinski definition) is 1. The Hall–Kier alpha value is -2.57. The molecule has 0 amide bonds.